The Bertz CT molecular complexity index is 1520. The Morgan fingerprint density at radius 3 is 2.50 bits per heavy atom. The van der Waals surface area contributed by atoms with Gasteiger partial charge < -0.3 is 34.4 Å². The molecule has 242 valence electrons. The van der Waals surface area contributed by atoms with Crippen LogP contribution in [0.2, 0.25) is 0 Å². The average Bonchev–Trinajstić information content (AvgIpc) is 3.72. The Morgan fingerprint density at radius 2 is 1.80 bits per heavy atom. The van der Waals surface area contributed by atoms with Crippen LogP contribution in [0.15, 0.2) is 78.9 Å². The number of likely N-dealkylation sites (tertiary alicyclic amines) is 1. The summed E-state index contributed by atoms with van der Waals surface area (Å²) in [6.07, 6.45) is 7.27. The van der Waals surface area contributed by atoms with Crippen molar-refractivity contribution in [3.05, 3.63) is 84.5 Å². The smallest absolute Gasteiger partial charge is 0.306 e. The number of aliphatic hydroxyl groups is 1. The van der Waals surface area contributed by atoms with Crippen molar-refractivity contribution in [1.29, 1.82) is 0 Å². The minimum Gasteiger partial charge on any atom is -0.497 e. The molecule has 3 amide bonds. The normalized spacial score (nSPS) is 31.0. The predicted molar refractivity (Wildman–Crippen MR) is 168 cm³/mol. The number of allylic oxidation sites excluding steroid dienone is 1. The summed E-state index contributed by atoms with van der Waals surface area (Å²) < 4.78 is 17.4. The molecule has 11 heteroatoms. The van der Waals surface area contributed by atoms with Crippen molar-refractivity contribution in [3.63, 3.8) is 0 Å². The number of nitrogens with zero attached hydrogens (tertiary/aromatic N) is 2. The van der Waals surface area contributed by atoms with Gasteiger partial charge in [0.05, 0.1) is 43.7 Å². The highest BCUT2D eigenvalue weighted by molar-refractivity contribution is 6.05. The number of hydrogen-bond donors (Lipinski definition) is 2. The van der Waals surface area contributed by atoms with Gasteiger partial charge in [0.1, 0.15) is 24.0 Å². The number of ether oxygens (including phenoxy) is 3. The Hall–Kier alpha value is -4.48. The third-order valence-electron chi connectivity index (χ3n) is 9.47. The molecule has 0 saturated carbocycles. The lowest BCUT2D eigenvalue weighted by atomic mass is 9.74. The monoisotopic (exact) mass is 629 g/mol. The number of esters is 1. The molecule has 0 aromatic heterocycles. The molecule has 0 unspecified atom stereocenters. The lowest BCUT2D eigenvalue weighted by Gasteiger charge is -2.38. The van der Waals surface area contributed by atoms with Crippen LogP contribution in [0.5, 0.6) is 5.75 Å². The number of methoxy groups -OCH3 is 1. The molecular weight excluding hydrogens is 590 g/mol. The summed E-state index contributed by atoms with van der Waals surface area (Å²) in [6.45, 7) is 1.54. The first-order chi connectivity index (χ1) is 22.3. The van der Waals surface area contributed by atoms with E-state index in [0.717, 1.165) is 5.56 Å². The van der Waals surface area contributed by atoms with Crippen LogP contribution in [0.25, 0.3) is 0 Å². The van der Waals surface area contributed by atoms with E-state index in [2.05, 4.69) is 5.32 Å². The number of fused-ring (bicyclic) bond motifs is 2. The van der Waals surface area contributed by atoms with Crippen LogP contribution in [0.3, 0.4) is 0 Å². The molecule has 2 N–H and O–H groups in total. The number of hydrogen-bond acceptors (Lipinski definition) is 8. The van der Waals surface area contributed by atoms with E-state index in [1.54, 1.807) is 54.5 Å². The summed E-state index contributed by atoms with van der Waals surface area (Å²) in [7, 11) is 1.55. The molecule has 2 fully saturated rings. The van der Waals surface area contributed by atoms with Gasteiger partial charge in [-0.25, -0.2) is 0 Å². The lowest BCUT2D eigenvalue weighted by molar-refractivity contribution is -0.146. The molecule has 5 bridgehead atoms. The van der Waals surface area contributed by atoms with Gasteiger partial charge in [0.25, 0.3) is 5.91 Å². The summed E-state index contributed by atoms with van der Waals surface area (Å²) in [5, 5.41) is 13.4. The maximum atomic E-state index is 14.8. The average molecular weight is 630 g/mol. The molecular formula is C35H39N3O8. The maximum absolute atomic E-state index is 14.8. The van der Waals surface area contributed by atoms with Gasteiger partial charge in [-0.1, -0.05) is 61.6 Å². The molecule has 1 spiro atoms. The molecule has 6 rings (SSSR count). The van der Waals surface area contributed by atoms with E-state index in [1.165, 1.54) is 4.90 Å². The minimum atomic E-state index is -1.42. The highest BCUT2D eigenvalue weighted by Crippen LogP contribution is 2.56. The van der Waals surface area contributed by atoms with Gasteiger partial charge in [0.15, 0.2) is 0 Å². The van der Waals surface area contributed by atoms with Crippen LogP contribution in [-0.4, -0.2) is 84.4 Å². The molecule has 2 aromatic rings. The number of benzene rings is 2. The van der Waals surface area contributed by atoms with Gasteiger partial charge in [0.2, 0.25) is 11.8 Å². The van der Waals surface area contributed by atoms with Crippen LogP contribution >= 0.6 is 0 Å². The van der Waals surface area contributed by atoms with Crippen molar-refractivity contribution in [2.45, 2.75) is 56.0 Å². The van der Waals surface area contributed by atoms with Crippen LogP contribution in [0.4, 0.5) is 5.69 Å². The highest BCUT2D eigenvalue weighted by Gasteiger charge is 2.73. The van der Waals surface area contributed by atoms with Crippen molar-refractivity contribution in [3.8, 4) is 5.75 Å². The fraction of sp³-hybridized carbons (Fsp3) is 0.429. The number of rotatable bonds is 6. The van der Waals surface area contributed by atoms with Crippen molar-refractivity contribution in [2.24, 2.45) is 11.8 Å². The maximum Gasteiger partial charge on any atom is 0.306 e. The predicted octanol–water partition coefficient (Wildman–Crippen LogP) is 2.70. The van der Waals surface area contributed by atoms with Gasteiger partial charge in [0, 0.05) is 18.7 Å². The Balaban J connectivity index is 1.44. The molecule has 0 radical (unpaired) electrons. The number of nitrogens with one attached hydrogen (secondary N) is 1. The van der Waals surface area contributed by atoms with Crippen molar-refractivity contribution in [1.82, 2.24) is 10.2 Å². The van der Waals surface area contributed by atoms with Crippen LogP contribution in [0, 0.1) is 11.8 Å². The van der Waals surface area contributed by atoms with E-state index in [4.69, 9.17) is 14.2 Å². The molecule has 4 aliphatic heterocycles. The third kappa shape index (κ3) is 5.47. The number of aliphatic hydroxyl groups excluding tert-OH is 1. The summed E-state index contributed by atoms with van der Waals surface area (Å²) in [5.41, 5.74) is -0.112. The summed E-state index contributed by atoms with van der Waals surface area (Å²) in [5.74, 6) is -3.02. The lowest BCUT2D eigenvalue weighted by Crippen LogP contribution is -2.58. The van der Waals surface area contributed by atoms with Crippen molar-refractivity contribution >= 4 is 29.4 Å². The molecule has 4 heterocycles. The van der Waals surface area contributed by atoms with E-state index in [9.17, 15) is 24.3 Å². The standard InChI is InChI=1S/C35H39N3O8/c1-3-23(20-39)38-31-34(43)37(24-13-15-25(44-2)16-14-24)19-9-5-8-12-28(40)45-21-26(22-10-6-4-7-11-22)36-32(41)29-27-17-18-35(31,46-27)30(29)33(38)42/h4-7,9-11,13-18,23,26-27,29-31,39H,3,8,12,19-21H2,1-2H3,(H,36,41)/b9-5-/t23-,26-,27-,29+,30+,31-,35+/m0/s1. The fourth-order valence-electron chi connectivity index (χ4n) is 7.15. The summed E-state index contributed by atoms with van der Waals surface area (Å²) >= 11 is 0. The fourth-order valence-corrected chi connectivity index (χ4v) is 7.15. The van der Waals surface area contributed by atoms with Crippen LogP contribution in [-0.2, 0) is 28.7 Å². The number of carbonyl (C=O) groups excluding carboxylic acids is 4. The molecule has 0 aliphatic carbocycles. The van der Waals surface area contributed by atoms with Crippen LogP contribution in [0.1, 0.15) is 37.8 Å². The molecule has 7 atom stereocenters. The van der Waals surface area contributed by atoms with Gasteiger partial charge in [-0.2, -0.15) is 0 Å². The highest BCUT2D eigenvalue weighted by atomic mass is 16.5. The number of carbonyl (C=O) groups is 4. The summed E-state index contributed by atoms with van der Waals surface area (Å²) in [4.78, 5) is 59.1. The third-order valence-corrected chi connectivity index (χ3v) is 9.47. The molecule has 4 aliphatic rings. The second-order valence-electron chi connectivity index (χ2n) is 12.0. The quantitative estimate of drug-likeness (QED) is 0.368. The number of anilines is 1. The Kier molecular flexibility index (Phi) is 8.97. The van der Waals surface area contributed by atoms with Gasteiger partial charge >= 0.3 is 5.97 Å². The van der Waals surface area contributed by atoms with Crippen LogP contribution < -0.4 is 15.0 Å². The first-order valence-corrected chi connectivity index (χ1v) is 15.7. The second kappa shape index (κ2) is 13.1. The number of cyclic esters (lactones) is 1. The summed E-state index contributed by atoms with van der Waals surface area (Å²) in [6, 6.07) is 13.7. The zero-order valence-electron chi connectivity index (χ0n) is 25.9. The second-order valence-corrected chi connectivity index (χ2v) is 12.0. The zero-order chi connectivity index (χ0) is 32.4. The Morgan fingerprint density at radius 1 is 1.04 bits per heavy atom. The molecule has 46 heavy (non-hydrogen) atoms. The molecule has 11 nitrogen and oxygen atoms in total. The van der Waals surface area contributed by atoms with Gasteiger partial charge in [-0.15, -0.1) is 0 Å². The topological polar surface area (TPSA) is 135 Å². The first-order valence-electron chi connectivity index (χ1n) is 15.7. The van der Waals surface area contributed by atoms with E-state index < -0.39 is 65.4 Å². The Labute approximate surface area is 267 Å². The van der Waals surface area contributed by atoms with Crippen molar-refractivity contribution in [2.75, 3.05) is 31.8 Å². The number of amides is 3. The van der Waals surface area contributed by atoms with Gasteiger partial charge in [-0.05, 0) is 42.7 Å². The van der Waals surface area contributed by atoms with Gasteiger partial charge in [-0.3, -0.25) is 19.2 Å². The van der Waals surface area contributed by atoms with E-state index in [1.807, 2.05) is 43.3 Å². The molecule has 2 aromatic carbocycles. The van der Waals surface area contributed by atoms with Crippen molar-refractivity contribution < 1.29 is 38.5 Å². The first kappa shape index (κ1) is 31.5. The SMILES string of the molecule is CC[C@@H](CO)N1C(=O)[C@H]2[C@@H]3C(=O)N[C@H](c4ccccc4)COC(=O)CC/C=C\CN(c4ccc(OC)cc4)C(=O)[C@H]1[C@@]21C=C[C@@H]3O1. The largest absolute Gasteiger partial charge is 0.497 e. The van der Waals surface area contributed by atoms with E-state index in [0.29, 0.717) is 24.3 Å². The minimum absolute atomic E-state index is 0.0863. The molecule has 2 saturated heterocycles. The van der Waals surface area contributed by atoms with E-state index in [-0.39, 0.29) is 26.2 Å². The van der Waals surface area contributed by atoms with E-state index >= 15 is 0 Å². The zero-order valence-corrected chi connectivity index (χ0v) is 25.9.